The van der Waals surface area contributed by atoms with Crippen LogP contribution in [0.2, 0.25) is 5.02 Å². The van der Waals surface area contributed by atoms with Gasteiger partial charge in [0.05, 0.1) is 22.4 Å². The van der Waals surface area contributed by atoms with Crippen LogP contribution in [0.1, 0.15) is 30.6 Å². The molecule has 0 radical (unpaired) electrons. The summed E-state index contributed by atoms with van der Waals surface area (Å²) in [5.74, 6) is -0.253. The van der Waals surface area contributed by atoms with E-state index in [1.54, 1.807) is 18.2 Å². The van der Waals surface area contributed by atoms with E-state index in [9.17, 15) is 9.90 Å². The number of halogens is 1. The highest BCUT2D eigenvalue weighted by molar-refractivity contribution is 6.36. The molecule has 98 valence electrons. The van der Waals surface area contributed by atoms with E-state index in [-0.39, 0.29) is 28.5 Å². The normalized spacial score (nSPS) is 25.3. The fourth-order valence-electron chi connectivity index (χ4n) is 2.11. The van der Waals surface area contributed by atoms with E-state index in [1.807, 2.05) is 13.8 Å². The van der Waals surface area contributed by atoms with Crippen LogP contribution in [0, 0.1) is 5.41 Å². The maximum atomic E-state index is 12.1. The van der Waals surface area contributed by atoms with Crippen LogP contribution in [0.4, 0.5) is 5.69 Å². The molecule has 1 saturated carbocycles. The molecule has 1 aliphatic carbocycles. The summed E-state index contributed by atoms with van der Waals surface area (Å²) in [6.07, 6.45) is 0.192. The molecule has 4 nitrogen and oxygen atoms in total. The number of amides is 1. The Balaban J connectivity index is 2.12. The van der Waals surface area contributed by atoms with Crippen LogP contribution in [0.3, 0.4) is 0 Å². The molecule has 0 aliphatic heterocycles. The maximum Gasteiger partial charge on any atom is 0.253 e. The third-order valence-electron chi connectivity index (χ3n) is 3.79. The monoisotopic (exact) mass is 268 g/mol. The van der Waals surface area contributed by atoms with E-state index in [1.165, 1.54) is 0 Å². The summed E-state index contributed by atoms with van der Waals surface area (Å²) in [4.78, 5) is 12.1. The molecule has 4 N–H and O–H groups in total. The zero-order chi connectivity index (χ0) is 13.5. The second-order valence-corrected chi connectivity index (χ2v) is 5.69. The first-order chi connectivity index (χ1) is 8.34. The smallest absolute Gasteiger partial charge is 0.253 e. The van der Waals surface area contributed by atoms with E-state index in [2.05, 4.69) is 5.32 Å². The molecular formula is C13H17ClN2O2. The van der Waals surface area contributed by atoms with Crippen molar-refractivity contribution in [3.63, 3.8) is 0 Å². The molecule has 0 aromatic heterocycles. The number of carbonyl (C=O) groups is 1. The molecule has 5 heteroatoms. The van der Waals surface area contributed by atoms with E-state index < -0.39 is 0 Å². The SMILES string of the molecule is CC1(C)C(O)CC1NC(=O)c1cccc(N)c1Cl. The minimum Gasteiger partial charge on any atom is -0.398 e. The predicted molar refractivity (Wildman–Crippen MR) is 71.5 cm³/mol. The number of hydrogen-bond donors (Lipinski definition) is 3. The van der Waals surface area contributed by atoms with Gasteiger partial charge in [0, 0.05) is 11.5 Å². The largest absolute Gasteiger partial charge is 0.398 e. The predicted octanol–water partition coefficient (Wildman–Crippen LogP) is 1.81. The molecule has 18 heavy (non-hydrogen) atoms. The van der Waals surface area contributed by atoms with Gasteiger partial charge in [-0.25, -0.2) is 0 Å². The lowest BCUT2D eigenvalue weighted by molar-refractivity contribution is -0.0689. The Hall–Kier alpha value is -1.26. The summed E-state index contributed by atoms with van der Waals surface area (Å²) in [6, 6.07) is 4.93. The number of benzene rings is 1. The van der Waals surface area contributed by atoms with Crippen molar-refractivity contribution >= 4 is 23.2 Å². The summed E-state index contributed by atoms with van der Waals surface area (Å²) in [5, 5.41) is 12.8. The van der Waals surface area contributed by atoms with E-state index in [0.717, 1.165) is 0 Å². The number of hydrogen-bond acceptors (Lipinski definition) is 3. The molecule has 1 fully saturated rings. The number of anilines is 1. The standard InChI is InChI=1S/C13H17ClN2O2/c1-13(2)9(6-10(13)17)16-12(18)7-4-3-5-8(15)11(7)14/h3-5,9-10,17H,6,15H2,1-2H3,(H,16,18). The van der Waals surface area contributed by atoms with E-state index >= 15 is 0 Å². The van der Waals surface area contributed by atoms with Gasteiger partial charge in [-0.2, -0.15) is 0 Å². The summed E-state index contributed by atoms with van der Waals surface area (Å²) in [5.41, 5.74) is 6.11. The van der Waals surface area contributed by atoms with Gasteiger partial charge in [0.15, 0.2) is 0 Å². The van der Waals surface area contributed by atoms with Gasteiger partial charge in [0.2, 0.25) is 0 Å². The maximum absolute atomic E-state index is 12.1. The van der Waals surface area contributed by atoms with Crippen LogP contribution >= 0.6 is 11.6 Å². The van der Waals surface area contributed by atoms with Crippen molar-refractivity contribution in [2.24, 2.45) is 5.41 Å². The molecule has 0 heterocycles. The Morgan fingerprint density at radius 3 is 2.78 bits per heavy atom. The van der Waals surface area contributed by atoms with Crippen molar-refractivity contribution in [1.82, 2.24) is 5.32 Å². The topological polar surface area (TPSA) is 75.3 Å². The molecule has 1 aromatic carbocycles. The summed E-state index contributed by atoms with van der Waals surface area (Å²) in [6.45, 7) is 3.85. The van der Waals surface area contributed by atoms with Gasteiger partial charge in [-0.15, -0.1) is 0 Å². The Morgan fingerprint density at radius 1 is 1.56 bits per heavy atom. The van der Waals surface area contributed by atoms with Crippen molar-refractivity contribution in [3.8, 4) is 0 Å². The van der Waals surface area contributed by atoms with Gasteiger partial charge in [0.1, 0.15) is 0 Å². The van der Waals surface area contributed by atoms with Crippen molar-refractivity contribution in [2.45, 2.75) is 32.4 Å². The summed E-state index contributed by atoms with van der Waals surface area (Å²) >= 11 is 6.00. The lowest BCUT2D eigenvalue weighted by Crippen LogP contribution is -2.61. The quantitative estimate of drug-likeness (QED) is 0.716. The molecule has 2 rings (SSSR count). The molecule has 1 amide bonds. The van der Waals surface area contributed by atoms with Gasteiger partial charge < -0.3 is 16.2 Å². The third-order valence-corrected chi connectivity index (χ3v) is 4.22. The van der Waals surface area contributed by atoms with Gasteiger partial charge in [0.25, 0.3) is 5.91 Å². The molecule has 2 unspecified atom stereocenters. The summed E-state index contributed by atoms with van der Waals surface area (Å²) in [7, 11) is 0. The molecular weight excluding hydrogens is 252 g/mol. The second kappa shape index (κ2) is 4.44. The highest BCUT2D eigenvalue weighted by Gasteiger charge is 2.48. The third kappa shape index (κ3) is 2.06. The molecule has 1 aliphatic rings. The lowest BCUT2D eigenvalue weighted by atomic mass is 9.64. The number of nitrogens with one attached hydrogen (secondary N) is 1. The average molecular weight is 269 g/mol. The van der Waals surface area contributed by atoms with Crippen LogP contribution in [-0.4, -0.2) is 23.2 Å². The van der Waals surface area contributed by atoms with Crippen LogP contribution in [0.15, 0.2) is 18.2 Å². The first-order valence-electron chi connectivity index (χ1n) is 5.87. The van der Waals surface area contributed by atoms with Gasteiger partial charge in [-0.1, -0.05) is 31.5 Å². The lowest BCUT2D eigenvalue weighted by Gasteiger charge is -2.49. The highest BCUT2D eigenvalue weighted by Crippen LogP contribution is 2.40. The summed E-state index contributed by atoms with van der Waals surface area (Å²) < 4.78 is 0. The van der Waals surface area contributed by atoms with E-state index in [0.29, 0.717) is 17.7 Å². The number of aliphatic hydroxyl groups is 1. The minimum atomic E-state index is -0.376. The Morgan fingerprint density at radius 2 is 2.22 bits per heavy atom. The number of nitrogen functional groups attached to an aromatic ring is 1. The Bertz CT molecular complexity index is 488. The fourth-order valence-corrected chi connectivity index (χ4v) is 2.32. The molecule has 0 bridgehead atoms. The Kier molecular flexibility index (Phi) is 3.25. The zero-order valence-corrected chi connectivity index (χ0v) is 11.2. The van der Waals surface area contributed by atoms with Gasteiger partial charge in [-0.05, 0) is 18.6 Å². The molecule has 0 spiro atoms. The first-order valence-corrected chi connectivity index (χ1v) is 6.24. The van der Waals surface area contributed by atoms with Gasteiger partial charge in [-0.3, -0.25) is 4.79 Å². The van der Waals surface area contributed by atoms with Crippen molar-refractivity contribution < 1.29 is 9.90 Å². The van der Waals surface area contributed by atoms with E-state index in [4.69, 9.17) is 17.3 Å². The molecule has 0 saturated heterocycles. The number of carbonyl (C=O) groups excluding carboxylic acids is 1. The van der Waals surface area contributed by atoms with Crippen molar-refractivity contribution in [3.05, 3.63) is 28.8 Å². The molecule has 1 aromatic rings. The fraction of sp³-hybridized carbons (Fsp3) is 0.462. The number of rotatable bonds is 2. The van der Waals surface area contributed by atoms with Crippen LogP contribution < -0.4 is 11.1 Å². The van der Waals surface area contributed by atoms with Crippen LogP contribution in [0.5, 0.6) is 0 Å². The minimum absolute atomic E-state index is 0.0440. The van der Waals surface area contributed by atoms with Crippen LogP contribution in [0.25, 0.3) is 0 Å². The Labute approximate surface area is 111 Å². The number of aliphatic hydroxyl groups excluding tert-OH is 1. The molecule has 2 atom stereocenters. The van der Waals surface area contributed by atoms with Gasteiger partial charge >= 0.3 is 0 Å². The first kappa shape index (κ1) is 13.2. The zero-order valence-electron chi connectivity index (χ0n) is 10.4. The number of nitrogens with two attached hydrogens (primary N) is 1. The second-order valence-electron chi connectivity index (χ2n) is 5.31. The van der Waals surface area contributed by atoms with Crippen molar-refractivity contribution in [1.29, 1.82) is 0 Å². The highest BCUT2D eigenvalue weighted by atomic mass is 35.5. The average Bonchev–Trinajstić information content (AvgIpc) is 2.32. The van der Waals surface area contributed by atoms with Crippen molar-refractivity contribution in [2.75, 3.05) is 5.73 Å². The van der Waals surface area contributed by atoms with Crippen LogP contribution in [-0.2, 0) is 0 Å².